The summed E-state index contributed by atoms with van der Waals surface area (Å²) in [5.74, 6) is -1.35. The summed E-state index contributed by atoms with van der Waals surface area (Å²) >= 11 is 0. The maximum Gasteiger partial charge on any atom is 0.339 e. The smallest absolute Gasteiger partial charge is 0.339 e. The molecule has 10 heteroatoms. The number of rotatable bonds is 10. The highest BCUT2D eigenvalue weighted by molar-refractivity contribution is 5.98. The number of benzene rings is 2. The van der Waals surface area contributed by atoms with E-state index in [0.717, 1.165) is 11.8 Å². The summed E-state index contributed by atoms with van der Waals surface area (Å²) in [6, 6.07) is 11.1. The Morgan fingerprint density at radius 3 is 2.42 bits per heavy atom. The SMILES string of the molecule is COCCNc1ccc(C(=O)OC(C)C(=O)Nc2ccc(N(C)C)cc2)cc1[N+](=O)[O-]. The number of nitrogens with zero attached hydrogens (tertiary/aromatic N) is 2. The summed E-state index contributed by atoms with van der Waals surface area (Å²) in [5.41, 5.74) is 1.48. The van der Waals surface area contributed by atoms with Gasteiger partial charge in [0.1, 0.15) is 5.69 Å². The van der Waals surface area contributed by atoms with E-state index >= 15 is 0 Å². The Hall–Kier alpha value is -3.66. The number of ether oxygens (including phenoxy) is 2. The van der Waals surface area contributed by atoms with E-state index in [2.05, 4.69) is 10.6 Å². The van der Waals surface area contributed by atoms with Crippen LogP contribution in [0, 0.1) is 10.1 Å². The van der Waals surface area contributed by atoms with Crippen LogP contribution in [0.15, 0.2) is 42.5 Å². The third-order valence-electron chi connectivity index (χ3n) is 4.36. The highest BCUT2D eigenvalue weighted by atomic mass is 16.6. The molecule has 0 bridgehead atoms. The first-order valence-corrected chi connectivity index (χ1v) is 9.53. The molecule has 0 radical (unpaired) electrons. The average molecular weight is 430 g/mol. The molecule has 1 unspecified atom stereocenters. The van der Waals surface area contributed by atoms with Crippen molar-refractivity contribution in [2.45, 2.75) is 13.0 Å². The van der Waals surface area contributed by atoms with Crippen molar-refractivity contribution in [3.8, 4) is 0 Å². The number of methoxy groups -OCH3 is 1. The molecule has 2 aromatic carbocycles. The van der Waals surface area contributed by atoms with Crippen LogP contribution < -0.4 is 15.5 Å². The van der Waals surface area contributed by atoms with E-state index in [0.29, 0.717) is 18.8 Å². The lowest BCUT2D eigenvalue weighted by atomic mass is 10.1. The first-order chi connectivity index (χ1) is 14.7. The average Bonchev–Trinajstić information content (AvgIpc) is 2.74. The van der Waals surface area contributed by atoms with Gasteiger partial charge in [-0.3, -0.25) is 14.9 Å². The predicted octanol–water partition coefficient (Wildman–Crippen LogP) is 2.90. The van der Waals surface area contributed by atoms with Crippen molar-refractivity contribution >= 4 is 34.6 Å². The standard InChI is InChI=1S/C21H26N4O6/c1-14(20(26)23-16-6-8-17(9-7-16)24(2)3)31-21(27)15-5-10-18(22-11-12-30-4)19(13-15)25(28)29/h5-10,13-14,22H,11-12H2,1-4H3,(H,23,26). The van der Waals surface area contributed by atoms with Crippen LogP contribution in [0.3, 0.4) is 0 Å². The van der Waals surface area contributed by atoms with Crippen LogP contribution in [0.25, 0.3) is 0 Å². The second-order valence-corrected chi connectivity index (χ2v) is 6.89. The highest BCUT2D eigenvalue weighted by Gasteiger charge is 2.22. The molecular weight excluding hydrogens is 404 g/mol. The van der Waals surface area contributed by atoms with Crippen molar-refractivity contribution in [3.05, 3.63) is 58.1 Å². The lowest BCUT2D eigenvalue weighted by Crippen LogP contribution is -2.30. The number of carbonyl (C=O) groups excluding carboxylic acids is 2. The number of nitro groups is 1. The summed E-state index contributed by atoms with van der Waals surface area (Å²) in [4.78, 5) is 37.4. The van der Waals surface area contributed by atoms with Crippen LogP contribution in [-0.4, -0.2) is 57.3 Å². The molecule has 0 saturated heterocycles. The monoisotopic (exact) mass is 430 g/mol. The van der Waals surface area contributed by atoms with Gasteiger partial charge >= 0.3 is 5.97 Å². The van der Waals surface area contributed by atoms with E-state index in [4.69, 9.17) is 9.47 Å². The van der Waals surface area contributed by atoms with E-state index in [1.807, 2.05) is 31.1 Å². The van der Waals surface area contributed by atoms with Gasteiger partial charge in [-0.2, -0.15) is 0 Å². The minimum atomic E-state index is -1.10. The molecule has 1 amide bonds. The number of esters is 1. The summed E-state index contributed by atoms with van der Waals surface area (Å²) < 4.78 is 10.1. The molecule has 0 fully saturated rings. The Morgan fingerprint density at radius 2 is 1.84 bits per heavy atom. The topological polar surface area (TPSA) is 123 Å². The van der Waals surface area contributed by atoms with Gasteiger partial charge in [-0.25, -0.2) is 4.79 Å². The van der Waals surface area contributed by atoms with Gasteiger partial charge in [-0.1, -0.05) is 0 Å². The van der Waals surface area contributed by atoms with E-state index in [-0.39, 0.29) is 16.9 Å². The van der Waals surface area contributed by atoms with E-state index < -0.39 is 22.9 Å². The highest BCUT2D eigenvalue weighted by Crippen LogP contribution is 2.26. The van der Waals surface area contributed by atoms with Gasteiger partial charge in [0, 0.05) is 45.2 Å². The van der Waals surface area contributed by atoms with Crippen LogP contribution in [0.5, 0.6) is 0 Å². The summed E-state index contributed by atoms with van der Waals surface area (Å²) in [6.45, 7) is 2.16. The Kier molecular flexibility index (Phi) is 8.33. The molecule has 0 aliphatic heterocycles. The number of anilines is 3. The number of hydrogen-bond donors (Lipinski definition) is 2. The van der Waals surface area contributed by atoms with Gasteiger partial charge < -0.3 is 25.0 Å². The lowest BCUT2D eigenvalue weighted by molar-refractivity contribution is -0.384. The first-order valence-electron chi connectivity index (χ1n) is 9.53. The molecule has 2 rings (SSSR count). The molecule has 0 spiro atoms. The Balaban J connectivity index is 2.03. The lowest BCUT2D eigenvalue weighted by Gasteiger charge is -2.15. The number of hydrogen-bond acceptors (Lipinski definition) is 8. The Morgan fingerprint density at radius 1 is 1.16 bits per heavy atom. The zero-order valence-electron chi connectivity index (χ0n) is 17.9. The zero-order valence-corrected chi connectivity index (χ0v) is 17.9. The van der Waals surface area contributed by atoms with Gasteiger partial charge in [0.05, 0.1) is 17.1 Å². The molecule has 10 nitrogen and oxygen atoms in total. The maximum absolute atomic E-state index is 12.4. The van der Waals surface area contributed by atoms with E-state index in [1.54, 1.807) is 12.1 Å². The van der Waals surface area contributed by atoms with Crippen LogP contribution in [-0.2, 0) is 14.3 Å². The van der Waals surface area contributed by atoms with Gasteiger partial charge in [0.2, 0.25) is 0 Å². The minimum absolute atomic E-state index is 0.0287. The maximum atomic E-state index is 12.4. The third-order valence-corrected chi connectivity index (χ3v) is 4.36. The van der Waals surface area contributed by atoms with Gasteiger partial charge in [-0.05, 0) is 43.3 Å². The minimum Gasteiger partial charge on any atom is -0.449 e. The zero-order chi connectivity index (χ0) is 23.0. The van der Waals surface area contributed by atoms with Gasteiger partial charge in [0.15, 0.2) is 6.10 Å². The second kappa shape index (κ2) is 10.9. The second-order valence-electron chi connectivity index (χ2n) is 6.89. The van der Waals surface area contributed by atoms with Crippen LogP contribution in [0.1, 0.15) is 17.3 Å². The Labute approximate surface area is 180 Å². The van der Waals surface area contributed by atoms with Crippen molar-refractivity contribution in [3.63, 3.8) is 0 Å². The molecule has 2 N–H and O–H groups in total. The van der Waals surface area contributed by atoms with Crippen molar-refractivity contribution in [2.24, 2.45) is 0 Å². The molecule has 1 atom stereocenters. The number of nitrogens with one attached hydrogen (secondary N) is 2. The number of amides is 1. The van der Waals surface area contributed by atoms with Crippen molar-refractivity contribution in [2.75, 3.05) is 49.9 Å². The van der Waals surface area contributed by atoms with E-state index in [9.17, 15) is 19.7 Å². The largest absolute Gasteiger partial charge is 0.449 e. The molecule has 0 aliphatic rings. The Bertz CT molecular complexity index is 930. The fourth-order valence-corrected chi connectivity index (χ4v) is 2.62. The number of carbonyl (C=O) groups is 2. The summed E-state index contributed by atoms with van der Waals surface area (Å²) in [7, 11) is 5.33. The molecule has 0 saturated carbocycles. The molecular formula is C21H26N4O6. The van der Waals surface area contributed by atoms with Gasteiger partial charge in [0.25, 0.3) is 11.6 Å². The fourth-order valence-electron chi connectivity index (χ4n) is 2.62. The molecule has 31 heavy (non-hydrogen) atoms. The van der Waals surface area contributed by atoms with Gasteiger partial charge in [-0.15, -0.1) is 0 Å². The fraction of sp³-hybridized carbons (Fsp3) is 0.333. The van der Waals surface area contributed by atoms with Crippen molar-refractivity contribution in [1.29, 1.82) is 0 Å². The molecule has 0 aliphatic carbocycles. The molecule has 0 aromatic heterocycles. The predicted molar refractivity (Wildman–Crippen MR) is 118 cm³/mol. The van der Waals surface area contributed by atoms with Crippen LogP contribution >= 0.6 is 0 Å². The third kappa shape index (κ3) is 6.68. The summed E-state index contributed by atoms with van der Waals surface area (Å²) in [5, 5.41) is 16.9. The number of nitro benzene ring substituents is 1. The summed E-state index contributed by atoms with van der Waals surface area (Å²) in [6.07, 6.45) is -1.10. The van der Waals surface area contributed by atoms with E-state index in [1.165, 1.54) is 26.2 Å². The van der Waals surface area contributed by atoms with Crippen molar-refractivity contribution in [1.82, 2.24) is 0 Å². The van der Waals surface area contributed by atoms with Crippen molar-refractivity contribution < 1.29 is 24.0 Å². The van der Waals surface area contributed by atoms with Crippen LogP contribution in [0.2, 0.25) is 0 Å². The molecule has 2 aromatic rings. The molecule has 166 valence electrons. The normalized spacial score (nSPS) is 11.4. The van der Waals surface area contributed by atoms with Crippen LogP contribution in [0.4, 0.5) is 22.7 Å². The first kappa shape index (κ1) is 23.6. The molecule has 0 heterocycles. The quantitative estimate of drug-likeness (QED) is 0.255.